The first-order valence-electron chi connectivity index (χ1n) is 6.18. The Kier molecular flexibility index (Phi) is 3.53. The summed E-state index contributed by atoms with van der Waals surface area (Å²) in [5.74, 6) is -0.639. The Labute approximate surface area is 123 Å². The molecule has 108 valence electrons. The minimum absolute atomic E-state index is 0.251. The van der Waals surface area contributed by atoms with E-state index in [4.69, 9.17) is 0 Å². The molecule has 0 bridgehead atoms. The first-order chi connectivity index (χ1) is 10.1. The van der Waals surface area contributed by atoms with E-state index in [0.717, 1.165) is 5.56 Å². The number of halogens is 1. The monoisotopic (exact) mass is 306 g/mol. The minimum atomic E-state index is -0.601. The predicted octanol–water partition coefficient (Wildman–Crippen LogP) is 1.57. The van der Waals surface area contributed by atoms with Crippen molar-refractivity contribution >= 4 is 28.4 Å². The molecule has 0 saturated carbocycles. The third-order valence-corrected chi connectivity index (χ3v) is 3.72. The molecule has 1 aromatic heterocycles. The summed E-state index contributed by atoms with van der Waals surface area (Å²) in [6.45, 7) is 0.251. The average molecular weight is 306 g/mol. The molecule has 2 heterocycles. The third kappa shape index (κ3) is 3.00. The fourth-order valence-corrected chi connectivity index (χ4v) is 2.61. The molecule has 0 spiro atoms. The van der Waals surface area contributed by atoms with Crippen LogP contribution in [0.4, 0.5) is 14.3 Å². The van der Waals surface area contributed by atoms with Crippen molar-refractivity contribution in [3.63, 3.8) is 0 Å². The van der Waals surface area contributed by atoms with Crippen molar-refractivity contribution in [3.8, 4) is 11.3 Å². The van der Waals surface area contributed by atoms with Crippen molar-refractivity contribution in [2.75, 3.05) is 11.9 Å². The molecule has 21 heavy (non-hydrogen) atoms. The number of rotatable bonds is 3. The first kappa shape index (κ1) is 13.5. The lowest BCUT2D eigenvalue weighted by molar-refractivity contribution is -0.117. The quantitative estimate of drug-likeness (QED) is 0.805. The summed E-state index contributed by atoms with van der Waals surface area (Å²) in [6, 6.07) is 4.99. The number of nitrogens with zero attached hydrogens (tertiary/aromatic N) is 1. The molecule has 0 radical (unpaired) electrons. The molecule has 8 heteroatoms. The molecule has 3 rings (SSSR count). The zero-order chi connectivity index (χ0) is 14.8. The number of carbonyl (C=O) groups is 2. The maximum absolute atomic E-state index is 12.9. The van der Waals surface area contributed by atoms with Gasteiger partial charge in [-0.15, -0.1) is 11.3 Å². The van der Waals surface area contributed by atoms with Crippen molar-refractivity contribution in [2.24, 2.45) is 0 Å². The number of thiazole rings is 1. The molecule has 1 aliphatic rings. The van der Waals surface area contributed by atoms with Crippen LogP contribution in [0.15, 0.2) is 29.6 Å². The van der Waals surface area contributed by atoms with Crippen LogP contribution < -0.4 is 16.0 Å². The largest absolute Gasteiger partial charge is 0.336 e. The summed E-state index contributed by atoms with van der Waals surface area (Å²) >= 11 is 1.27. The van der Waals surface area contributed by atoms with E-state index in [9.17, 15) is 14.0 Å². The molecule has 0 unspecified atom stereocenters. The van der Waals surface area contributed by atoms with Crippen molar-refractivity contribution in [1.29, 1.82) is 0 Å². The predicted molar refractivity (Wildman–Crippen MR) is 76.5 cm³/mol. The molecule has 6 nitrogen and oxygen atoms in total. The van der Waals surface area contributed by atoms with Crippen LogP contribution in [0.3, 0.4) is 0 Å². The van der Waals surface area contributed by atoms with Crippen LogP contribution in [0.5, 0.6) is 0 Å². The summed E-state index contributed by atoms with van der Waals surface area (Å²) in [5, 5.41) is 9.85. The maximum atomic E-state index is 12.9. The second-order valence-corrected chi connectivity index (χ2v) is 5.30. The molecule has 1 aromatic carbocycles. The Morgan fingerprint density at radius 3 is 2.81 bits per heavy atom. The minimum Gasteiger partial charge on any atom is -0.336 e. The van der Waals surface area contributed by atoms with Gasteiger partial charge in [0.15, 0.2) is 5.13 Å². The topological polar surface area (TPSA) is 83.1 Å². The molecule has 1 aliphatic heterocycles. The zero-order valence-corrected chi connectivity index (χ0v) is 11.5. The van der Waals surface area contributed by atoms with Gasteiger partial charge in [0, 0.05) is 17.5 Å². The van der Waals surface area contributed by atoms with Crippen LogP contribution in [-0.4, -0.2) is 29.5 Å². The van der Waals surface area contributed by atoms with Crippen molar-refractivity contribution < 1.29 is 14.0 Å². The lowest BCUT2D eigenvalue weighted by Crippen LogP contribution is -2.38. The molecule has 0 aliphatic carbocycles. The highest BCUT2D eigenvalue weighted by Crippen LogP contribution is 2.25. The van der Waals surface area contributed by atoms with Crippen LogP contribution in [-0.2, 0) is 4.79 Å². The van der Waals surface area contributed by atoms with Gasteiger partial charge in [0.25, 0.3) is 5.91 Å². The van der Waals surface area contributed by atoms with Crippen LogP contribution in [0, 0.1) is 5.82 Å². The number of nitrogens with one attached hydrogen (secondary N) is 3. The highest BCUT2D eigenvalue weighted by Gasteiger charge is 2.27. The highest BCUT2D eigenvalue weighted by atomic mass is 32.1. The van der Waals surface area contributed by atoms with Gasteiger partial charge in [-0.1, -0.05) is 0 Å². The first-order valence-corrected chi connectivity index (χ1v) is 7.06. The van der Waals surface area contributed by atoms with E-state index in [2.05, 4.69) is 20.9 Å². The van der Waals surface area contributed by atoms with Gasteiger partial charge >= 0.3 is 6.03 Å². The molecular formula is C13H11FN4O2S. The fourth-order valence-electron chi connectivity index (χ4n) is 1.89. The maximum Gasteiger partial charge on any atom is 0.315 e. The number of aromatic nitrogens is 1. The Morgan fingerprint density at radius 2 is 2.14 bits per heavy atom. The molecule has 3 N–H and O–H groups in total. The Morgan fingerprint density at radius 1 is 1.38 bits per heavy atom. The number of anilines is 1. The van der Waals surface area contributed by atoms with Gasteiger partial charge in [0.2, 0.25) is 0 Å². The normalized spacial score (nSPS) is 17.2. The van der Waals surface area contributed by atoms with E-state index in [0.29, 0.717) is 10.8 Å². The number of hydrogen-bond donors (Lipinski definition) is 3. The number of hydrogen-bond acceptors (Lipinski definition) is 4. The van der Waals surface area contributed by atoms with E-state index in [1.54, 1.807) is 17.5 Å². The van der Waals surface area contributed by atoms with Crippen molar-refractivity contribution in [1.82, 2.24) is 15.6 Å². The van der Waals surface area contributed by atoms with Gasteiger partial charge in [-0.2, -0.15) is 0 Å². The van der Waals surface area contributed by atoms with Gasteiger partial charge in [-0.05, 0) is 24.3 Å². The van der Waals surface area contributed by atoms with Gasteiger partial charge in [-0.25, -0.2) is 14.2 Å². The summed E-state index contributed by atoms with van der Waals surface area (Å²) < 4.78 is 12.9. The summed E-state index contributed by atoms with van der Waals surface area (Å²) in [7, 11) is 0. The number of benzene rings is 1. The van der Waals surface area contributed by atoms with E-state index >= 15 is 0 Å². The summed E-state index contributed by atoms with van der Waals surface area (Å²) in [4.78, 5) is 27.2. The second-order valence-electron chi connectivity index (χ2n) is 4.44. The SMILES string of the molecule is O=C1NC[C@@H](C(=O)Nc2nc(-c3ccc(F)cc3)cs2)N1. The van der Waals surface area contributed by atoms with Crippen LogP contribution in [0.2, 0.25) is 0 Å². The van der Waals surface area contributed by atoms with Crippen molar-refractivity contribution in [3.05, 3.63) is 35.5 Å². The standard InChI is InChI=1S/C13H11FN4O2S/c14-8-3-1-7(2-4-8)10-6-21-13(17-10)18-11(19)9-5-15-12(20)16-9/h1-4,6,9H,5H2,(H2,15,16,20)(H,17,18,19)/t9-/m0/s1. The highest BCUT2D eigenvalue weighted by molar-refractivity contribution is 7.14. The number of amides is 3. The molecular weight excluding hydrogens is 295 g/mol. The molecule has 1 fully saturated rings. The van der Waals surface area contributed by atoms with E-state index in [1.807, 2.05) is 0 Å². The molecule has 3 amide bonds. The molecule has 1 atom stereocenters. The second kappa shape index (κ2) is 5.49. The summed E-state index contributed by atoms with van der Waals surface area (Å²) in [6.07, 6.45) is 0. The lowest BCUT2D eigenvalue weighted by atomic mass is 10.2. The number of urea groups is 1. The van der Waals surface area contributed by atoms with Crippen LogP contribution >= 0.6 is 11.3 Å². The Balaban J connectivity index is 1.69. The third-order valence-electron chi connectivity index (χ3n) is 2.96. The van der Waals surface area contributed by atoms with Gasteiger partial charge in [-0.3, -0.25) is 4.79 Å². The van der Waals surface area contributed by atoms with E-state index in [1.165, 1.54) is 23.5 Å². The van der Waals surface area contributed by atoms with E-state index < -0.39 is 6.04 Å². The van der Waals surface area contributed by atoms with Crippen LogP contribution in [0.1, 0.15) is 0 Å². The fraction of sp³-hybridized carbons (Fsp3) is 0.154. The van der Waals surface area contributed by atoms with Gasteiger partial charge in [0.1, 0.15) is 11.9 Å². The summed E-state index contributed by atoms with van der Waals surface area (Å²) in [5.41, 5.74) is 1.42. The Bertz CT molecular complexity index is 686. The van der Waals surface area contributed by atoms with E-state index in [-0.39, 0.29) is 24.3 Å². The van der Waals surface area contributed by atoms with Crippen molar-refractivity contribution in [2.45, 2.75) is 6.04 Å². The molecule has 2 aromatic rings. The average Bonchev–Trinajstić information content (AvgIpc) is 3.09. The zero-order valence-electron chi connectivity index (χ0n) is 10.7. The number of carbonyl (C=O) groups excluding carboxylic acids is 2. The lowest BCUT2D eigenvalue weighted by Gasteiger charge is -2.06. The van der Waals surface area contributed by atoms with Gasteiger partial charge in [0.05, 0.1) is 5.69 Å². The van der Waals surface area contributed by atoms with Gasteiger partial charge < -0.3 is 16.0 Å². The Hall–Kier alpha value is -2.48. The smallest absolute Gasteiger partial charge is 0.315 e. The molecule has 1 saturated heterocycles. The van der Waals surface area contributed by atoms with Crippen LogP contribution in [0.25, 0.3) is 11.3 Å².